The Morgan fingerprint density at radius 3 is 2.54 bits per heavy atom. The summed E-state index contributed by atoms with van der Waals surface area (Å²) in [4.78, 5) is 15.0. The van der Waals surface area contributed by atoms with Gasteiger partial charge in [0.25, 0.3) is 5.91 Å². The predicted molar refractivity (Wildman–Crippen MR) is 90.0 cm³/mol. The molecule has 1 amide bonds. The molecule has 0 aromatic carbocycles. The average Bonchev–Trinajstić information content (AvgIpc) is 2.93. The molecule has 3 heterocycles. The molecule has 1 N–H and O–H groups in total. The first-order valence-electron chi connectivity index (χ1n) is 8.75. The largest absolute Gasteiger partial charge is 0.381 e. The molecule has 1 aromatic rings. The summed E-state index contributed by atoms with van der Waals surface area (Å²) in [5.41, 5.74) is 1.55. The summed E-state index contributed by atoms with van der Waals surface area (Å²) < 4.78 is 12.6. The van der Waals surface area contributed by atoms with Crippen LogP contribution in [0.2, 0.25) is 0 Å². The second kappa shape index (κ2) is 7.63. The molecule has 2 aliphatic heterocycles. The minimum absolute atomic E-state index is 0.0501. The second-order valence-corrected chi connectivity index (χ2v) is 6.98. The van der Waals surface area contributed by atoms with Crippen LogP contribution in [0.15, 0.2) is 6.07 Å². The predicted octanol–water partition coefficient (Wildman–Crippen LogP) is 0.587. The first kappa shape index (κ1) is 17.4. The lowest BCUT2D eigenvalue weighted by molar-refractivity contribution is -0.0283. The number of hydrogen-bond acceptors (Lipinski definition) is 5. The highest BCUT2D eigenvalue weighted by atomic mass is 16.5. The highest BCUT2D eigenvalue weighted by Gasteiger charge is 2.35. The van der Waals surface area contributed by atoms with Crippen LogP contribution in [-0.2, 0) is 16.5 Å². The van der Waals surface area contributed by atoms with E-state index in [1.165, 1.54) is 0 Å². The van der Waals surface area contributed by atoms with Crippen molar-refractivity contribution >= 4 is 5.91 Å². The summed E-state index contributed by atoms with van der Waals surface area (Å²) in [6.45, 7) is 8.64. The third kappa shape index (κ3) is 4.15. The Hall–Kier alpha value is -1.44. The summed E-state index contributed by atoms with van der Waals surface area (Å²) >= 11 is 0. The Bertz CT molecular complexity index is 560. The quantitative estimate of drug-likeness (QED) is 0.852. The molecular formula is C17H28N4O3. The minimum atomic E-state index is -0.0501. The number of morpholine rings is 1. The molecule has 0 aliphatic carbocycles. The normalized spacial score (nSPS) is 21.6. The van der Waals surface area contributed by atoms with E-state index in [0.29, 0.717) is 12.2 Å². The summed E-state index contributed by atoms with van der Waals surface area (Å²) in [5.74, 6) is -0.0501. The lowest BCUT2D eigenvalue weighted by atomic mass is 9.79. The molecule has 0 radical (unpaired) electrons. The SMILES string of the molecule is Cc1cc(C(=O)NCC2(CN3CCOCC3)CCOCC2)n(C)n1. The summed E-state index contributed by atoms with van der Waals surface area (Å²) in [6.07, 6.45) is 1.96. The Balaban J connectivity index is 1.63. The molecule has 7 nitrogen and oxygen atoms in total. The maximum atomic E-state index is 12.5. The third-order valence-corrected chi connectivity index (χ3v) is 5.07. The van der Waals surface area contributed by atoms with Gasteiger partial charge in [0.15, 0.2) is 0 Å². The topological polar surface area (TPSA) is 68.6 Å². The number of nitrogens with zero attached hydrogens (tertiary/aromatic N) is 3. The van der Waals surface area contributed by atoms with Gasteiger partial charge in [0, 0.05) is 51.9 Å². The smallest absolute Gasteiger partial charge is 0.269 e. The molecule has 24 heavy (non-hydrogen) atoms. The van der Waals surface area contributed by atoms with Crippen molar-refractivity contribution in [1.82, 2.24) is 20.0 Å². The van der Waals surface area contributed by atoms with E-state index in [1.807, 2.05) is 13.0 Å². The van der Waals surface area contributed by atoms with Gasteiger partial charge in [-0.25, -0.2) is 0 Å². The van der Waals surface area contributed by atoms with Gasteiger partial charge in [-0.3, -0.25) is 14.4 Å². The summed E-state index contributed by atoms with van der Waals surface area (Å²) in [5, 5.41) is 7.39. The standard InChI is InChI=1S/C17H28N4O3/c1-14-11-15(20(2)19-14)16(22)18-12-17(3-7-23-8-4-17)13-21-5-9-24-10-6-21/h11H,3-10,12-13H2,1-2H3,(H,18,22). The van der Waals surface area contributed by atoms with Gasteiger partial charge in [0.2, 0.25) is 0 Å². The first-order valence-corrected chi connectivity index (χ1v) is 8.75. The van der Waals surface area contributed by atoms with Gasteiger partial charge in [-0.15, -0.1) is 0 Å². The Morgan fingerprint density at radius 1 is 1.25 bits per heavy atom. The first-order chi connectivity index (χ1) is 11.6. The Morgan fingerprint density at radius 2 is 1.92 bits per heavy atom. The fourth-order valence-electron chi connectivity index (χ4n) is 3.61. The highest BCUT2D eigenvalue weighted by molar-refractivity contribution is 5.92. The minimum Gasteiger partial charge on any atom is -0.381 e. The number of nitrogens with one attached hydrogen (secondary N) is 1. The molecule has 2 saturated heterocycles. The molecule has 0 atom stereocenters. The summed E-state index contributed by atoms with van der Waals surface area (Å²) in [7, 11) is 1.81. The second-order valence-electron chi connectivity index (χ2n) is 6.98. The molecule has 2 fully saturated rings. The number of carbonyl (C=O) groups is 1. The van der Waals surface area contributed by atoms with Crippen molar-refractivity contribution in [3.05, 3.63) is 17.5 Å². The van der Waals surface area contributed by atoms with Crippen LogP contribution in [-0.4, -0.2) is 73.2 Å². The zero-order valence-corrected chi connectivity index (χ0v) is 14.7. The van der Waals surface area contributed by atoms with E-state index in [2.05, 4.69) is 15.3 Å². The van der Waals surface area contributed by atoms with E-state index in [1.54, 1.807) is 11.7 Å². The molecule has 0 bridgehead atoms. The molecular weight excluding hydrogens is 308 g/mol. The molecule has 1 aromatic heterocycles. The van der Waals surface area contributed by atoms with Crippen LogP contribution in [0.1, 0.15) is 29.0 Å². The number of aryl methyl sites for hydroxylation is 2. The molecule has 2 aliphatic rings. The molecule has 3 rings (SSSR count). The van der Waals surface area contributed by atoms with E-state index < -0.39 is 0 Å². The van der Waals surface area contributed by atoms with Gasteiger partial charge in [0.05, 0.1) is 18.9 Å². The van der Waals surface area contributed by atoms with Crippen molar-refractivity contribution in [2.75, 3.05) is 52.6 Å². The molecule has 0 unspecified atom stereocenters. The third-order valence-electron chi connectivity index (χ3n) is 5.07. The summed E-state index contributed by atoms with van der Waals surface area (Å²) in [6, 6.07) is 1.83. The number of rotatable bonds is 5. The van der Waals surface area contributed by atoms with Crippen LogP contribution in [0.5, 0.6) is 0 Å². The zero-order valence-electron chi connectivity index (χ0n) is 14.7. The molecule has 0 spiro atoms. The zero-order chi connectivity index (χ0) is 17.0. The van der Waals surface area contributed by atoms with Crippen molar-refractivity contribution in [2.45, 2.75) is 19.8 Å². The van der Waals surface area contributed by atoms with Crippen molar-refractivity contribution in [1.29, 1.82) is 0 Å². The van der Waals surface area contributed by atoms with E-state index in [9.17, 15) is 4.79 Å². The van der Waals surface area contributed by atoms with Crippen LogP contribution in [0.3, 0.4) is 0 Å². The number of aromatic nitrogens is 2. The maximum Gasteiger partial charge on any atom is 0.269 e. The average molecular weight is 336 g/mol. The monoisotopic (exact) mass is 336 g/mol. The number of hydrogen-bond donors (Lipinski definition) is 1. The van der Waals surface area contributed by atoms with Crippen LogP contribution in [0, 0.1) is 12.3 Å². The lowest BCUT2D eigenvalue weighted by Gasteiger charge is -2.42. The van der Waals surface area contributed by atoms with Gasteiger partial charge >= 0.3 is 0 Å². The van der Waals surface area contributed by atoms with Crippen LogP contribution in [0.25, 0.3) is 0 Å². The number of ether oxygens (including phenoxy) is 2. The van der Waals surface area contributed by atoms with Gasteiger partial charge in [-0.1, -0.05) is 0 Å². The number of amides is 1. The lowest BCUT2D eigenvalue weighted by Crippen LogP contribution is -2.51. The van der Waals surface area contributed by atoms with Gasteiger partial charge < -0.3 is 14.8 Å². The Labute approximate surface area is 143 Å². The Kier molecular flexibility index (Phi) is 5.53. The van der Waals surface area contributed by atoms with Gasteiger partial charge in [-0.2, -0.15) is 5.10 Å². The van der Waals surface area contributed by atoms with Crippen LogP contribution in [0.4, 0.5) is 0 Å². The fraction of sp³-hybridized carbons (Fsp3) is 0.765. The van der Waals surface area contributed by atoms with E-state index in [0.717, 1.165) is 64.6 Å². The van der Waals surface area contributed by atoms with Crippen molar-refractivity contribution in [3.8, 4) is 0 Å². The maximum absolute atomic E-state index is 12.5. The van der Waals surface area contributed by atoms with Crippen molar-refractivity contribution in [3.63, 3.8) is 0 Å². The fourth-order valence-corrected chi connectivity index (χ4v) is 3.61. The van der Waals surface area contributed by atoms with Gasteiger partial charge in [0.1, 0.15) is 5.69 Å². The van der Waals surface area contributed by atoms with Crippen LogP contribution < -0.4 is 5.32 Å². The van der Waals surface area contributed by atoms with Crippen LogP contribution >= 0.6 is 0 Å². The highest BCUT2D eigenvalue weighted by Crippen LogP contribution is 2.31. The van der Waals surface area contributed by atoms with Crippen molar-refractivity contribution in [2.24, 2.45) is 12.5 Å². The molecule has 134 valence electrons. The van der Waals surface area contributed by atoms with E-state index >= 15 is 0 Å². The van der Waals surface area contributed by atoms with Gasteiger partial charge in [-0.05, 0) is 25.8 Å². The number of carbonyl (C=O) groups excluding carboxylic acids is 1. The van der Waals surface area contributed by atoms with E-state index in [-0.39, 0.29) is 11.3 Å². The van der Waals surface area contributed by atoms with E-state index in [4.69, 9.17) is 9.47 Å². The molecule has 7 heteroatoms. The molecule has 0 saturated carbocycles. The van der Waals surface area contributed by atoms with Crippen molar-refractivity contribution < 1.29 is 14.3 Å².